The summed E-state index contributed by atoms with van der Waals surface area (Å²) in [5.41, 5.74) is 0.321. The molecule has 0 spiro atoms. The second-order valence-corrected chi connectivity index (χ2v) is 5.92. The number of para-hydroxylation sites is 2. The molecule has 1 heterocycles. The largest absolute Gasteiger partial charge is 0.506 e. The second kappa shape index (κ2) is 6.35. The standard InChI is InChI=1S/C16H25N3O2/c1-4-17-16(2,3)15(21)19-11-9-18(10-12-19)13-7-5-6-8-14(13)20/h5-8,17,20H,4,9-12H2,1-3H3. The molecule has 21 heavy (non-hydrogen) atoms. The molecule has 2 N–H and O–H groups in total. The van der Waals surface area contributed by atoms with E-state index in [-0.39, 0.29) is 5.91 Å². The molecule has 1 amide bonds. The third kappa shape index (κ3) is 3.47. The van der Waals surface area contributed by atoms with Gasteiger partial charge in [0.2, 0.25) is 5.91 Å². The number of hydrogen-bond acceptors (Lipinski definition) is 4. The van der Waals surface area contributed by atoms with E-state index < -0.39 is 5.54 Å². The number of phenols is 1. The fourth-order valence-corrected chi connectivity index (χ4v) is 2.79. The molecule has 0 aromatic heterocycles. The summed E-state index contributed by atoms with van der Waals surface area (Å²) in [6.45, 7) is 9.48. The van der Waals surface area contributed by atoms with Crippen molar-refractivity contribution in [2.45, 2.75) is 26.3 Å². The fraction of sp³-hybridized carbons (Fsp3) is 0.562. The zero-order valence-electron chi connectivity index (χ0n) is 13.1. The van der Waals surface area contributed by atoms with Crippen LogP contribution in [0.5, 0.6) is 5.75 Å². The van der Waals surface area contributed by atoms with Gasteiger partial charge in [-0.05, 0) is 32.5 Å². The lowest BCUT2D eigenvalue weighted by molar-refractivity contribution is -0.137. The van der Waals surface area contributed by atoms with E-state index in [0.29, 0.717) is 18.8 Å². The average molecular weight is 291 g/mol. The predicted molar refractivity (Wildman–Crippen MR) is 84.7 cm³/mol. The number of rotatable bonds is 4. The van der Waals surface area contributed by atoms with E-state index in [1.165, 1.54) is 0 Å². The fourth-order valence-electron chi connectivity index (χ4n) is 2.79. The molecule has 0 bridgehead atoms. The van der Waals surface area contributed by atoms with Gasteiger partial charge in [-0.2, -0.15) is 0 Å². The van der Waals surface area contributed by atoms with Crippen molar-refractivity contribution >= 4 is 11.6 Å². The van der Waals surface area contributed by atoms with Crippen LogP contribution in [0.4, 0.5) is 5.69 Å². The van der Waals surface area contributed by atoms with Crippen molar-refractivity contribution in [1.82, 2.24) is 10.2 Å². The van der Waals surface area contributed by atoms with Gasteiger partial charge in [-0.3, -0.25) is 4.79 Å². The van der Waals surface area contributed by atoms with Gasteiger partial charge in [0.15, 0.2) is 0 Å². The molecule has 1 aliphatic rings. The molecule has 0 saturated carbocycles. The first-order valence-corrected chi connectivity index (χ1v) is 7.53. The van der Waals surface area contributed by atoms with E-state index in [9.17, 15) is 9.90 Å². The summed E-state index contributed by atoms with van der Waals surface area (Å²) in [5.74, 6) is 0.437. The van der Waals surface area contributed by atoms with Gasteiger partial charge < -0.3 is 20.2 Å². The van der Waals surface area contributed by atoms with E-state index in [1.807, 2.05) is 43.9 Å². The molecule has 1 saturated heterocycles. The number of anilines is 1. The smallest absolute Gasteiger partial charge is 0.242 e. The van der Waals surface area contributed by atoms with Crippen LogP contribution in [0, 0.1) is 0 Å². The Morgan fingerprint density at radius 1 is 1.24 bits per heavy atom. The van der Waals surface area contributed by atoms with Crippen molar-refractivity contribution < 1.29 is 9.90 Å². The first-order valence-electron chi connectivity index (χ1n) is 7.53. The third-order valence-corrected chi connectivity index (χ3v) is 3.94. The lowest BCUT2D eigenvalue weighted by atomic mass is 10.0. The molecule has 5 nitrogen and oxygen atoms in total. The molecule has 1 aromatic rings. The van der Waals surface area contributed by atoms with Crippen LogP contribution in [-0.4, -0.2) is 54.2 Å². The molecule has 2 rings (SSSR count). The minimum absolute atomic E-state index is 0.140. The molecule has 0 radical (unpaired) electrons. The number of carbonyl (C=O) groups is 1. The Hall–Kier alpha value is -1.75. The van der Waals surface area contributed by atoms with E-state index in [2.05, 4.69) is 10.2 Å². The average Bonchev–Trinajstić information content (AvgIpc) is 2.47. The van der Waals surface area contributed by atoms with Gasteiger partial charge in [-0.15, -0.1) is 0 Å². The molecule has 1 aromatic carbocycles. The number of amides is 1. The van der Waals surface area contributed by atoms with E-state index in [0.717, 1.165) is 25.3 Å². The summed E-state index contributed by atoms with van der Waals surface area (Å²) < 4.78 is 0. The number of likely N-dealkylation sites (N-methyl/N-ethyl adjacent to an activating group) is 1. The number of nitrogens with one attached hydrogen (secondary N) is 1. The summed E-state index contributed by atoms with van der Waals surface area (Å²) in [6, 6.07) is 7.34. The normalized spacial score (nSPS) is 16.1. The zero-order valence-corrected chi connectivity index (χ0v) is 13.1. The predicted octanol–water partition coefficient (Wildman–Crippen LogP) is 1.43. The molecule has 5 heteroatoms. The Balaban J connectivity index is 1.98. The van der Waals surface area contributed by atoms with Crippen LogP contribution < -0.4 is 10.2 Å². The minimum atomic E-state index is -0.522. The summed E-state index contributed by atoms with van der Waals surface area (Å²) in [5, 5.41) is 13.1. The molecule has 0 unspecified atom stereocenters. The molecular formula is C16H25N3O2. The summed E-state index contributed by atoms with van der Waals surface area (Å²) in [6.07, 6.45) is 0. The van der Waals surface area contributed by atoms with Gasteiger partial charge in [-0.1, -0.05) is 19.1 Å². The Kier molecular flexibility index (Phi) is 4.73. The molecule has 1 fully saturated rings. The Bertz CT molecular complexity index is 494. The van der Waals surface area contributed by atoms with Gasteiger partial charge in [0.1, 0.15) is 5.75 Å². The van der Waals surface area contributed by atoms with Crippen LogP contribution in [0.15, 0.2) is 24.3 Å². The molecule has 116 valence electrons. The van der Waals surface area contributed by atoms with Crippen LogP contribution in [0.3, 0.4) is 0 Å². The highest BCUT2D eigenvalue weighted by Gasteiger charge is 2.33. The van der Waals surface area contributed by atoms with Crippen LogP contribution in [0.25, 0.3) is 0 Å². The lowest BCUT2D eigenvalue weighted by Crippen LogP contribution is -2.58. The van der Waals surface area contributed by atoms with Gasteiger partial charge >= 0.3 is 0 Å². The zero-order chi connectivity index (χ0) is 15.5. The molecule has 0 aliphatic carbocycles. The van der Waals surface area contributed by atoms with E-state index in [4.69, 9.17) is 0 Å². The van der Waals surface area contributed by atoms with E-state index >= 15 is 0 Å². The van der Waals surface area contributed by atoms with Crippen LogP contribution in [-0.2, 0) is 4.79 Å². The highest BCUT2D eigenvalue weighted by atomic mass is 16.3. The number of carbonyl (C=O) groups excluding carboxylic acids is 1. The molecule has 0 atom stereocenters. The first kappa shape index (κ1) is 15.6. The van der Waals surface area contributed by atoms with Crippen molar-refractivity contribution in [3.63, 3.8) is 0 Å². The second-order valence-electron chi connectivity index (χ2n) is 5.92. The number of phenolic OH excluding ortho intramolecular Hbond substituents is 1. The van der Waals surface area contributed by atoms with Crippen LogP contribution in [0.1, 0.15) is 20.8 Å². The van der Waals surface area contributed by atoms with Crippen molar-refractivity contribution in [3.05, 3.63) is 24.3 Å². The number of hydrogen-bond donors (Lipinski definition) is 2. The van der Waals surface area contributed by atoms with Crippen molar-refractivity contribution in [2.75, 3.05) is 37.6 Å². The minimum Gasteiger partial charge on any atom is -0.506 e. The molecular weight excluding hydrogens is 266 g/mol. The third-order valence-electron chi connectivity index (χ3n) is 3.94. The van der Waals surface area contributed by atoms with Crippen molar-refractivity contribution in [2.24, 2.45) is 0 Å². The number of nitrogens with zero attached hydrogens (tertiary/aromatic N) is 2. The van der Waals surface area contributed by atoms with Crippen molar-refractivity contribution in [1.29, 1.82) is 0 Å². The number of piperazine rings is 1. The molecule has 1 aliphatic heterocycles. The highest BCUT2D eigenvalue weighted by molar-refractivity contribution is 5.85. The summed E-state index contributed by atoms with van der Waals surface area (Å²) in [7, 11) is 0. The Morgan fingerprint density at radius 3 is 2.43 bits per heavy atom. The van der Waals surface area contributed by atoms with Gasteiger partial charge in [-0.25, -0.2) is 0 Å². The number of aromatic hydroxyl groups is 1. The van der Waals surface area contributed by atoms with Crippen LogP contribution in [0.2, 0.25) is 0 Å². The summed E-state index contributed by atoms with van der Waals surface area (Å²) >= 11 is 0. The van der Waals surface area contributed by atoms with Gasteiger partial charge in [0.25, 0.3) is 0 Å². The van der Waals surface area contributed by atoms with Gasteiger partial charge in [0, 0.05) is 26.2 Å². The topological polar surface area (TPSA) is 55.8 Å². The SMILES string of the molecule is CCNC(C)(C)C(=O)N1CCN(c2ccccc2O)CC1. The maximum absolute atomic E-state index is 12.5. The maximum Gasteiger partial charge on any atom is 0.242 e. The summed E-state index contributed by atoms with van der Waals surface area (Å²) in [4.78, 5) is 16.5. The monoisotopic (exact) mass is 291 g/mol. The van der Waals surface area contributed by atoms with E-state index in [1.54, 1.807) is 6.07 Å². The Labute approximate surface area is 126 Å². The van der Waals surface area contributed by atoms with Crippen LogP contribution >= 0.6 is 0 Å². The van der Waals surface area contributed by atoms with Gasteiger partial charge in [0.05, 0.1) is 11.2 Å². The highest BCUT2D eigenvalue weighted by Crippen LogP contribution is 2.27. The van der Waals surface area contributed by atoms with Crippen molar-refractivity contribution in [3.8, 4) is 5.75 Å². The Morgan fingerprint density at radius 2 is 1.86 bits per heavy atom. The first-order chi connectivity index (χ1) is 9.95. The number of benzene rings is 1. The quantitative estimate of drug-likeness (QED) is 0.881. The maximum atomic E-state index is 12.5. The lowest BCUT2D eigenvalue weighted by Gasteiger charge is -2.39.